The van der Waals surface area contributed by atoms with Gasteiger partial charge in [0.2, 0.25) is 0 Å². The van der Waals surface area contributed by atoms with Crippen LogP contribution in [0.25, 0.3) is 11.1 Å². The zero-order valence-electron chi connectivity index (χ0n) is 9.29. The first kappa shape index (κ1) is 11.2. The van der Waals surface area contributed by atoms with Crippen molar-refractivity contribution in [2.24, 2.45) is 0 Å². The van der Waals surface area contributed by atoms with Crippen molar-refractivity contribution in [2.75, 3.05) is 0 Å². The minimum atomic E-state index is -1.15. The molecule has 0 aliphatic carbocycles. The molecule has 2 rings (SSSR count). The summed E-state index contributed by atoms with van der Waals surface area (Å²) in [5, 5.41) is 22.4. The molecule has 0 amide bonds. The Morgan fingerprint density at radius 1 is 1.41 bits per heavy atom. The topological polar surface area (TPSA) is 75.4 Å². The van der Waals surface area contributed by atoms with Crippen LogP contribution < -0.4 is 0 Å². The molecule has 1 heterocycles. The number of rotatable bonds is 3. The SMILES string of the molecule is CCn1cc(-c2ccc(O)c(C(=O)O)c2)cn1. The van der Waals surface area contributed by atoms with Gasteiger partial charge < -0.3 is 10.2 Å². The molecule has 0 bridgehead atoms. The monoisotopic (exact) mass is 232 g/mol. The number of phenols is 1. The first-order chi connectivity index (χ1) is 8.11. The fourth-order valence-corrected chi connectivity index (χ4v) is 1.57. The van der Waals surface area contributed by atoms with E-state index < -0.39 is 5.97 Å². The number of carboxylic acids is 1. The summed E-state index contributed by atoms with van der Waals surface area (Å²) in [6.45, 7) is 2.72. The van der Waals surface area contributed by atoms with Crippen LogP contribution in [0, 0.1) is 0 Å². The van der Waals surface area contributed by atoms with Crippen molar-refractivity contribution in [3.05, 3.63) is 36.2 Å². The summed E-state index contributed by atoms with van der Waals surface area (Å²) in [7, 11) is 0. The van der Waals surface area contributed by atoms with Gasteiger partial charge in [0.25, 0.3) is 0 Å². The minimum Gasteiger partial charge on any atom is -0.507 e. The third-order valence-corrected chi connectivity index (χ3v) is 2.52. The Morgan fingerprint density at radius 2 is 2.18 bits per heavy atom. The highest BCUT2D eigenvalue weighted by Gasteiger charge is 2.11. The predicted octanol–water partition coefficient (Wildman–Crippen LogP) is 1.97. The second-order valence-electron chi connectivity index (χ2n) is 3.62. The first-order valence-electron chi connectivity index (χ1n) is 5.21. The molecule has 5 nitrogen and oxygen atoms in total. The number of hydrogen-bond acceptors (Lipinski definition) is 3. The van der Waals surface area contributed by atoms with Gasteiger partial charge in [-0.3, -0.25) is 4.68 Å². The summed E-state index contributed by atoms with van der Waals surface area (Å²) in [6.07, 6.45) is 3.50. The summed E-state index contributed by atoms with van der Waals surface area (Å²) in [6, 6.07) is 4.48. The van der Waals surface area contributed by atoms with Crippen LogP contribution in [0.5, 0.6) is 5.75 Å². The van der Waals surface area contributed by atoms with E-state index in [1.54, 1.807) is 16.9 Å². The number of carbonyl (C=O) groups is 1. The van der Waals surface area contributed by atoms with Crippen LogP contribution in [0.1, 0.15) is 17.3 Å². The first-order valence-corrected chi connectivity index (χ1v) is 5.21. The fraction of sp³-hybridized carbons (Fsp3) is 0.167. The summed E-state index contributed by atoms with van der Waals surface area (Å²) < 4.78 is 1.75. The summed E-state index contributed by atoms with van der Waals surface area (Å²) in [5.41, 5.74) is 1.45. The molecule has 17 heavy (non-hydrogen) atoms. The van der Waals surface area contributed by atoms with E-state index in [-0.39, 0.29) is 11.3 Å². The van der Waals surface area contributed by atoms with Gasteiger partial charge in [0.15, 0.2) is 0 Å². The molecule has 0 fully saturated rings. The second-order valence-corrected chi connectivity index (χ2v) is 3.62. The lowest BCUT2D eigenvalue weighted by molar-refractivity contribution is 0.0694. The molecule has 0 aliphatic heterocycles. The van der Waals surface area contributed by atoms with Crippen LogP contribution in [0.3, 0.4) is 0 Å². The Labute approximate surface area is 97.9 Å². The molecule has 0 radical (unpaired) electrons. The molecule has 88 valence electrons. The molecule has 1 aromatic carbocycles. The van der Waals surface area contributed by atoms with Gasteiger partial charge in [-0.1, -0.05) is 6.07 Å². The van der Waals surface area contributed by atoms with Crippen LogP contribution in [0.15, 0.2) is 30.6 Å². The Hall–Kier alpha value is -2.30. The van der Waals surface area contributed by atoms with E-state index in [2.05, 4.69) is 5.10 Å². The molecule has 0 saturated heterocycles. The fourth-order valence-electron chi connectivity index (χ4n) is 1.57. The van der Waals surface area contributed by atoms with E-state index >= 15 is 0 Å². The van der Waals surface area contributed by atoms with E-state index in [9.17, 15) is 9.90 Å². The number of aromatic hydroxyl groups is 1. The lowest BCUT2D eigenvalue weighted by atomic mass is 10.1. The Bertz CT molecular complexity index is 561. The average molecular weight is 232 g/mol. The van der Waals surface area contributed by atoms with Crippen molar-refractivity contribution in [3.8, 4) is 16.9 Å². The lowest BCUT2D eigenvalue weighted by Gasteiger charge is -2.02. The van der Waals surface area contributed by atoms with Crippen molar-refractivity contribution in [3.63, 3.8) is 0 Å². The lowest BCUT2D eigenvalue weighted by Crippen LogP contribution is -1.96. The quantitative estimate of drug-likeness (QED) is 0.848. The van der Waals surface area contributed by atoms with E-state index in [0.717, 1.165) is 17.7 Å². The average Bonchev–Trinajstić information content (AvgIpc) is 2.78. The van der Waals surface area contributed by atoms with Crippen LogP contribution in [-0.2, 0) is 6.54 Å². The van der Waals surface area contributed by atoms with Crippen LogP contribution in [0.4, 0.5) is 0 Å². The predicted molar refractivity (Wildman–Crippen MR) is 62.0 cm³/mol. The zero-order chi connectivity index (χ0) is 12.4. The number of aromatic carboxylic acids is 1. The molecule has 0 saturated carbocycles. The molecule has 2 aromatic rings. The maximum absolute atomic E-state index is 10.9. The van der Waals surface area contributed by atoms with Crippen LogP contribution >= 0.6 is 0 Å². The van der Waals surface area contributed by atoms with Gasteiger partial charge in [-0.15, -0.1) is 0 Å². The van der Waals surface area contributed by atoms with Gasteiger partial charge in [-0.05, 0) is 24.6 Å². The van der Waals surface area contributed by atoms with Crippen molar-refractivity contribution >= 4 is 5.97 Å². The standard InChI is InChI=1S/C12H12N2O3/c1-2-14-7-9(6-13-14)8-3-4-11(15)10(5-8)12(16)17/h3-7,15H,2H2,1H3,(H,16,17). The highest BCUT2D eigenvalue weighted by atomic mass is 16.4. The molecule has 2 N–H and O–H groups in total. The number of nitrogens with zero attached hydrogens (tertiary/aromatic N) is 2. The van der Waals surface area contributed by atoms with Gasteiger partial charge in [0.1, 0.15) is 11.3 Å². The Kier molecular flexibility index (Phi) is 2.82. The molecule has 0 unspecified atom stereocenters. The Balaban J connectivity index is 2.46. The molecule has 1 aromatic heterocycles. The number of carboxylic acid groups (broad SMARTS) is 1. The maximum atomic E-state index is 10.9. The van der Waals surface area contributed by atoms with E-state index in [4.69, 9.17) is 5.11 Å². The summed E-state index contributed by atoms with van der Waals surface area (Å²) >= 11 is 0. The summed E-state index contributed by atoms with van der Waals surface area (Å²) in [4.78, 5) is 10.9. The van der Waals surface area contributed by atoms with Crippen molar-refractivity contribution in [2.45, 2.75) is 13.5 Å². The third-order valence-electron chi connectivity index (χ3n) is 2.52. The molecule has 0 atom stereocenters. The molecule has 0 aliphatic rings. The highest BCUT2D eigenvalue weighted by Crippen LogP contribution is 2.25. The van der Waals surface area contributed by atoms with Crippen LogP contribution in [0.2, 0.25) is 0 Å². The third kappa shape index (κ3) is 2.13. The van der Waals surface area contributed by atoms with Crippen molar-refractivity contribution in [1.82, 2.24) is 9.78 Å². The molecule has 5 heteroatoms. The number of benzene rings is 1. The van der Waals surface area contributed by atoms with Gasteiger partial charge in [-0.25, -0.2) is 4.79 Å². The van der Waals surface area contributed by atoms with Gasteiger partial charge in [0, 0.05) is 18.3 Å². The van der Waals surface area contributed by atoms with Gasteiger partial charge in [0.05, 0.1) is 6.20 Å². The number of aromatic nitrogens is 2. The normalized spacial score (nSPS) is 10.4. The molecular weight excluding hydrogens is 220 g/mol. The zero-order valence-corrected chi connectivity index (χ0v) is 9.29. The van der Waals surface area contributed by atoms with Gasteiger partial charge >= 0.3 is 5.97 Å². The minimum absolute atomic E-state index is 0.105. The van der Waals surface area contributed by atoms with E-state index in [1.807, 2.05) is 13.1 Å². The second kappa shape index (κ2) is 4.29. The van der Waals surface area contributed by atoms with Crippen LogP contribution in [-0.4, -0.2) is 26.0 Å². The smallest absolute Gasteiger partial charge is 0.339 e. The Morgan fingerprint density at radius 3 is 2.76 bits per heavy atom. The van der Waals surface area contributed by atoms with Crippen molar-refractivity contribution < 1.29 is 15.0 Å². The van der Waals surface area contributed by atoms with Crippen molar-refractivity contribution in [1.29, 1.82) is 0 Å². The maximum Gasteiger partial charge on any atom is 0.339 e. The summed E-state index contributed by atoms with van der Waals surface area (Å²) in [5.74, 6) is -1.38. The van der Waals surface area contributed by atoms with E-state index in [0.29, 0.717) is 0 Å². The molecular formula is C12H12N2O3. The van der Waals surface area contributed by atoms with Gasteiger partial charge in [-0.2, -0.15) is 5.10 Å². The number of hydrogen-bond donors (Lipinski definition) is 2. The van der Waals surface area contributed by atoms with E-state index in [1.165, 1.54) is 12.1 Å². The number of aryl methyl sites for hydroxylation is 1. The highest BCUT2D eigenvalue weighted by molar-refractivity contribution is 5.92. The largest absolute Gasteiger partial charge is 0.507 e. The molecule has 0 spiro atoms.